The van der Waals surface area contributed by atoms with Crippen molar-refractivity contribution >= 4 is 0 Å². The molecule has 0 aliphatic carbocycles. The van der Waals surface area contributed by atoms with E-state index in [0.717, 1.165) is 12.1 Å². The lowest BCUT2D eigenvalue weighted by Gasteiger charge is -2.26. The van der Waals surface area contributed by atoms with Gasteiger partial charge in [-0.15, -0.1) is 0 Å². The standard InChI is InChI=1S/C13H20FNO/c1-10-8-11(4-5-12(10)14)13(2,3)9-15-6-7-16/h4-5,8,15-16H,6-7,9H2,1-3H3. The van der Waals surface area contributed by atoms with Crippen LogP contribution in [0.4, 0.5) is 4.39 Å². The van der Waals surface area contributed by atoms with E-state index in [1.807, 2.05) is 12.1 Å². The largest absolute Gasteiger partial charge is 0.395 e. The van der Waals surface area contributed by atoms with Gasteiger partial charge < -0.3 is 10.4 Å². The lowest BCUT2D eigenvalue weighted by molar-refractivity contribution is 0.286. The van der Waals surface area contributed by atoms with Gasteiger partial charge in [0, 0.05) is 18.5 Å². The summed E-state index contributed by atoms with van der Waals surface area (Å²) in [6, 6.07) is 5.22. The van der Waals surface area contributed by atoms with E-state index in [1.165, 1.54) is 6.07 Å². The van der Waals surface area contributed by atoms with Gasteiger partial charge in [-0.2, -0.15) is 0 Å². The summed E-state index contributed by atoms with van der Waals surface area (Å²) in [6.07, 6.45) is 0. The SMILES string of the molecule is Cc1cc(C(C)(C)CNCCO)ccc1F. The van der Waals surface area contributed by atoms with Crippen molar-refractivity contribution < 1.29 is 9.50 Å². The van der Waals surface area contributed by atoms with Crippen molar-refractivity contribution in [2.24, 2.45) is 0 Å². The molecule has 0 amide bonds. The van der Waals surface area contributed by atoms with Crippen LogP contribution in [0.25, 0.3) is 0 Å². The third-order valence-corrected chi connectivity index (χ3v) is 2.79. The van der Waals surface area contributed by atoms with Crippen LogP contribution < -0.4 is 5.32 Å². The van der Waals surface area contributed by atoms with Gasteiger partial charge in [0.1, 0.15) is 5.82 Å². The van der Waals surface area contributed by atoms with Crippen LogP contribution in [0.15, 0.2) is 18.2 Å². The average molecular weight is 225 g/mol. The lowest BCUT2D eigenvalue weighted by atomic mass is 9.84. The highest BCUT2D eigenvalue weighted by atomic mass is 19.1. The summed E-state index contributed by atoms with van der Waals surface area (Å²) < 4.78 is 13.1. The Bertz CT molecular complexity index is 350. The second-order valence-electron chi connectivity index (χ2n) is 4.75. The molecule has 2 nitrogen and oxygen atoms in total. The highest BCUT2D eigenvalue weighted by Gasteiger charge is 2.20. The second-order valence-corrected chi connectivity index (χ2v) is 4.75. The number of aliphatic hydroxyl groups excluding tert-OH is 1. The van der Waals surface area contributed by atoms with Crippen LogP contribution in [0.5, 0.6) is 0 Å². The summed E-state index contributed by atoms with van der Waals surface area (Å²) in [5.41, 5.74) is 1.72. The van der Waals surface area contributed by atoms with E-state index in [2.05, 4.69) is 19.2 Å². The quantitative estimate of drug-likeness (QED) is 0.751. The Morgan fingerprint density at radius 2 is 2.06 bits per heavy atom. The Labute approximate surface area is 96.5 Å². The summed E-state index contributed by atoms with van der Waals surface area (Å²) in [4.78, 5) is 0. The van der Waals surface area contributed by atoms with Crippen molar-refractivity contribution in [1.29, 1.82) is 0 Å². The zero-order valence-corrected chi connectivity index (χ0v) is 10.2. The monoisotopic (exact) mass is 225 g/mol. The average Bonchev–Trinajstić information content (AvgIpc) is 2.22. The third-order valence-electron chi connectivity index (χ3n) is 2.79. The van der Waals surface area contributed by atoms with E-state index in [4.69, 9.17) is 5.11 Å². The van der Waals surface area contributed by atoms with E-state index in [-0.39, 0.29) is 17.8 Å². The van der Waals surface area contributed by atoms with Gasteiger partial charge in [-0.25, -0.2) is 4.39 Å². The number of aryl methyl sites for hydroxylation is 1. The van der Waals surface area contributed by atoms with Crippen LogP contribution in [0.2, 0.25) is 0 Å². The summed E-state index contributed by atoms with van der Waals surface area (Å²) in [7, 11) is 0. The second kappa shape index (κ2) is 5.41. The molecule has 0 aromatic heterocycles. The Morgan fingerprint density at radius 3 is 2.62 bits per heavy atom. The van der Waals surface area contributed by atoms with E-state index >= 15 is 0 Å². The number of benzene rings is 1. The Balaban J connectivity index is 2.76. The molecular weight excluding hydrogens is 205 g/mol. The van der Waals surface area contributed by atoms with Gasteiger partial charge in [0.2, 0.25) is 0 Å². The first kappa shape index (κ1) is 13.1. The van der Waals surface area contributed by atoms with E-state index in [1.54, 1.807) is 6.92 Å². The van der Waals surface area contributed by atoms with Crippen molar-refractivity contribution in [1.82, 2.24) is 5.32 Å². The maximum atomic E-state index is 13.1. The van der Waals surface area contributed by atoms with Gasteiger partial charge in [-0.3, -0.25) is 0 Å². The predicted molar refractivity (Wildman–Crippen MR) is 64.1 cm³/mol. The van der Waals surface area contributed by atoms with Gasteiger partial charge in [0.15, 0.2) is 0 Å². The molecule has 0 atom stereocenters. The molecule has 16 heavy (non-hydrogen) atoms. The fraction of sp³-hybridized carbons (Fsp3) is 0.538. The molecule has 2 N–H and O–H groups in total. The van der Waals surface area contributed by atoms with Crippen LogP contribution in [-0.4, -0.2) is 24.8 Å². The number of nitrogens with one attached hydrogen (secondary N) is 1. The number of rotatable bonds is 5. The van der Waals surface area contributed by atoms with Gasteiger partial charge in [0.05, 0.1) is 6.61 Å². The summed E-state index contributed by atoms with van der Waals surface area (Å²) >= 11 is 0. The van der Waals surface area contributed by atoms with Crippen LogP contribution in [-0.2, 0) is 5.41 Å². The minimum atomic E-state index is -0.164. The van der Waals surface area contributed by atoms with Gasteiger partial charge in [0.25, 0.3) is 0 Å². The highest BCUT2D eigenvalue weighted by molar-refractivity contribution is 5.29. The molecule has 0 heterocycles. The van der Waals surface area contributed by atoms with Crippen LogP contribution >= 0.6 is 0 Å². The zero-order valence-electron chi connectivity index (χ0n) is 10.2. The summed E-state index contributed by atoms with van der Waals surface area (Å²) in [5, 5.41) is 11.9. The molecule has 0 radical (unpaired) electrons. The van der Waals surface area contributed by atoms with Crippen molar-refractivity contribution in [2.75, 3.05) is 19.7 Å². The minimum Gasteiger partial charge on any atom is -0.395 e. The molecule has 0 spiro atoms. The van der Waals surface area contributed by atoms with Crippen LogP contribution in [0.3, 0.4) is 0 Å². The first-order valence-electron chi connectivity index (χ1n) is 5.55. The van der Waals surface area contributed by atoms with E-state index in [0.29, 0.717) is 12.1 Å². The van der Waals surface area contributed by atoms with Crippen molar-refractivity contribution in [3.63, 3.8) is 0 Å². The van der Waals surface area contributed by atoms with Crippen LogP contribution in [0.1, 0.15) is 25.0 Å². The summed E-state index contributed by atoms with van der Waals surface area (Å²) in [6.45, 7) is 7.46. The molecule has 0 saturated heterocycles. The fourth-order valence-electron chi connectivity index (χ4n) is 1.65. The maximum absolute atomic E-state index is 13.1. The van der Waals surface area contributed by atoms with Gasteiger partial charge >= 0.3 is 0 Å². The van der Waals surface area contributed by atoms with Gasteiger partial charge in [-0.1, -0.05) is 26.0 Å². The molecule has 0 aliphatic heterocycles. The number of hydrogen-bond acceptors (Lipinski definition) is 2. The number of aliphatic hydroxyl groups is 1. The Morgan fingerprint density at radius 1 is 1.38 bits per heavy atom. The molecular formula is C13H20FNO. The predicted octanol–water partition coefficient (Wildman–Crippen LogP) is 1.99. The third kappa shape index (κ3) is 3.29. The Hall–Kier alpha value is -0.930. The maximum Gasteiger partial charge on any atom is 0.126 e. The zero-order chi connectivity index (χ0) is 12.2. The highest BCUT2D eigenvalue weighted by Crippen LogP contribution is 2.24. The topological polar surface area (TPSA) is 32.3 Å². The van der Waals surface area contributed by atoms with Crippen molar-refractivity contribution in [3.05, 3.63) is 35.1 Å². The number of halogens is 1. The molecule has 1 aromatic carbocycles. The molecule has 90 valence electrons. The molecule has 0 fully saturated rings. The van der Waals surface area contributed by atoms with Crippen molar-refractivity contribution in [3.8, 4) is 0 Å². The molecule has 0 aliphatic rings. The molecule has 0 saturated carbocycles. The normalized spacial score (nSPS) is 11.8. The van der Waals surface area contributed by atoms with Gasteiger partial charge in [-0.05, 0) is 24.1 Å². The first-order chi connectivity index (χ1) is 7.47. The van der Waals surface area contributed by atoms with E-state index in [9.17, 15) is 4.39 Å². The smallest absolute Gasteiger partial charge is 0.126 e. The molecule has 0 unspecified atom stereocenters. The Kier molecular flexibility index (Phi) is 4.44. The molecule has 1 aromatic rings. The fourth-order valence-corrected chi connectivity index (χ4v) is 1.65. The van der Waals surface area contributed by atoms with Crippen LogP contribution in [0, 0.1) is 12.7 Å². The molecule has 3 heteroatoms. The molecule has 1 rings (SSSR count). The number of hydrogen-bond donors (Lipinski definition) is 2. The first-order valence-corrected chi connectivity index (χ1v) is 5.55. The van der Waals surface area contributed by atoms with Crippen molar-refractivity contribution in [2.45, 2.75) is 26.2 Å². The minimum absolute atomic E-state index is 0.0619. The summed E-state index contributed by atoms with van der Waals surface area (Å²) in [5.74, 6) is -0.164. The molecule has 0 bridgehead atoms. The lowest BCUT2D eigenvalue weighted by Crippen LogP contribution is -2.34. The van der Waals surface area contributed by atoms with E-state index < -0.39 is 0 Å².